The van der Waals surface area contributed by atoms with Crippen LogP contribution in [0.4, 0.5) is 5.69 Å². The average molecular weight is 492 g/mol. The first kappa shape index (κ1) is 22.6. The maximum atomic E-state index is 13.3. The number of sulfonamides is 1. The highest BCUT2D eigenvalue weighted by molar-refractivity contribution is 7.92. The Morgan fingerprint density at radius 3 is 2.59 bits per heavy atom. The number of anilines is 1. The van der Waals surface area contributed by atoms with Crippen molar-refractivity contribution in [1.82, 2.24) is 4.57 Å². The van der Waals surface area contributed by atoms with Crippen LogP contribution in [0.15, 0.2) is 76.6 Å². The lowest BCUT2D eigenvalue weighted by Gasteiger charge is -2.30. The third-order valence-corrected chi connectivity index (χ3v) is 8.98. The van der Waals surface area contributed by atoms with Crippen LogP contribution >= 0.6 is 11.3 Å². The van der Waals surface area contributed by atoms with Crippen LogP contribution in [0.3, 0.4) is 0 Å². The highest BCUT2D eigenvalue weighted by Gasteiger charge is 2.29. The minimum atomic E-state index is -3.72. The van der Waals surface area contributed by atoms with Crippen LogP contribution in [0.25, 0.3) is 10.2 Å². The Hall–Kier alpha value is -3.23. The fraction of sp³-hybridized carbons (Fsp3) is 0.231. The Morgan fingerprint density at radius 2 is 1.82 bits per heavy atom. The van der Waals surface area contributed by atoms with Crippen molar-refractivity contribution in [3.05, 3.63) is 88.2 Å². The van der Waals surface area contributed by atoms with Crippen molar-refractivity contribution in [2.24, 2.45) is 4.99 Å². The van der Waals surface area contributed by atoms with E-state index in [-0.39, 0.29) is 4.90 Å². The number of benzene rings is 3. The van der Waals surface area contributed by atoms with Gasteiger partial charge in [0, 0.05) is 18.7 Å². The molecular formula is C26H25N3O3S2. The molecule has 6 nitrogen and oxygen atoms in total. The number of thiazole rings is 1. The van der Waals surface area contributed by atoms with E-state index in [0.29, 0.717) is 23.5 Å². The van der Waals surface area contributed by atoms with Gasteiger partial charge in [-0.1, -0.05) is 35.6 Å². The molecule has 0 N–H and O–H groups in total. The van der Waals surface area contributed by atoms with Gasteiger partial charge >= 0.3 is 0 Å². The minimum absolute atomic E-state index is 0.168. The number of aryl methyl sites for hydroxylation is 3. The van der Waals surface area contributed by atoms with E-state index in [0.717, 1.165) is 39.9 Å². The molecule has 174 valence electrons. The minimum Gasteiger partial charge on any atom is -0.317 e. The number of nitrogens with zero attached hydrogens (tertiary/aromatic N) is 3. The molecule has 4 aromatic rings. The van der Waals surface area contributed by atoms with Gasteiger partial charge in [0.25, 0.3) is 15.9 Å². The average Bonchev–Trinajstić information content (AvgIpc) is 3.19. The Kier molecular flexibility index (Phi) is 5.87. The molecule has 1 aliphatic rings. The molecule has 0 atom stereocenters. The number of hydrogen-bond acceptors (Lipinski definition) is 4. The number of rotatable bonds is 4. The van der Waals surface area contributed by atoms with Gasteiger partial charge in [-0.2, -0.15) is 4.99 Å². The maximum absolute atomic E-state index is 13.3. The molecule has 0 bridgehead atoms. The molecular weight excluding hydrogens is 466 g/mol. The SMILES string of the molecule is CCn1c(=NC(=O)c2ccc(S(=O)(=O)N3CCCc4ccccc43)cc2)sc2cc(C)ccc21. The lowest BCUT2D eigenvalue weighted by atomic mass is 10.0. The summed E-state index contributed by atoms with van der Waals surface area (Å²) < 4.78 is 31.3. The zero-order valence-corrected chi connectivity index (χ0v) is 20.7. The Morgan fingerprint density at radius 1 is 1.06 bits per heavy atom. The van der Waals surface area contributed by atoms with Crippen LogP contribution in [0, 0.1) is 6.92 Å². The molecule has 0 spiro atoms. The second kappa shape index (κ2) is 8.85. The third kappa shape index (κ3) is 3.97. The standard InChI is InChI=1S/C26H25N3O3S2/c1-3-28-23-15-10-18(2)17-24(23)33-26(28)27-25(30)20-11-13-21(14-12-20)34(31,32)29-16-6-8-19-7-4-5-9-22(19)29/h4-5,7,9-15,17H,3,6,8,16H2,1-2H3. The summed E-state index contributed by atoms with van der Waals surface area (Å²) in [7, 11) is -3.72. The molecule has 1 aromatic heterocycles. The summed E-state index contributed by atoms with van der Waals surface area (Å²) in [4.78, 5) is 18.1. The highest BCUT2D eigenvalue weighted by Crippen LogP contribution is 2.31. The normalized spacial score (nSPS) is 14.4. The van der Waals surface area contributed by atoms with Crippen molar-refractivity contribution < 1.29 is 13.2 Å². The van der Waals surface area contributed by atoms with Crippen molar-refractivity contribution in [3.8, 4) is 0 Å². The van der Waals surface area contributed by atoms with Gasteiger partial charge in [-0.25, -0.2) is 8.42 Å². The van der Waals surface area contributed by atoms with E-state index in [9.17, 15) is 13.2 Å². The second-order valence-electron chi connectivity index (χ2n) is 8.35. The maximum Gasteiger partial charge on any atom is 0.279 e. The first-order chi connectivity index (χ1) is 16.4. The summed E-state index contributed by atoms with van der Waals surface area (Å²) in [5, 5.41) is 0. The lowest BCUT2D eigenvalue weighted by Crippen LogP contribution is -2.35. The van der Waals surface area contributed by atoms with Crippen LogP contribution in [0.1, 0.15) is 34.8 Å². The molecule has 1 amide bonds. The molecule has 1 aliphatic heterocycles. The van der Waals surface area contributed by atoms with Crippen molar-refractivity contribution in [1.29, 1.82) is 0 Å². The lowest BCUT2D eigenvalue weighted by molar-refractivity contribution is 0.0997. The predicted molar refractivity (Wildman–Crippen MR) is 136 cm³/mol. The number of para-hydroxylation sites is 1. The van der Waals surface area contributed by atoms with Crippen LogP contribution in [0.5, 0.6) is 0 Å². The van der Waals surface area contributed by atoms with E-state index in [2.05, 4.69) is 11.1 Å². The Labute approximate surface area is 202 Å². The first-order valence-electron chi connectivity index (χ1n) is 11.3. The van der Waals surface area contributed by atoms with Crippen molar-refractivity contribution in [2.45, 2.75) is 38.1 Å². The zero-order chi connectivity index (χ0) is 23.9. The van der Waals surface area contributed by atoms with Gasteiger partial charge in [0.15, 0.2) is 4.80 Å². The molecule has 8 heteroatoms. The molecule has 34 heavy (non-hydrogen) atoms. The monoisotopic (exact) mass is 491 g/mol. The number of carbonyl (C=O) groups is 1. The number of aromatic nitrogens is 1. The number of carbonyl (C=O) groups excluding carboxylic acids is 1. The van der Waals surface area contributed by atoms with E-state index in [1.54, 1.807) is 12.1 Å². The van der Waals surface area contributed by atoms with Gasteiger partial charge in [0.1, 0.15) is 0 Å². The molecule has 0 saturated heterocycles. The van der Waals surface area contributed by atoms with Gasteiger partial charge in [0.2, 0.25) is 0 Å². The molecule has 0 saturated carbocycles. The van der Waals surface area contributed by atoms with E-state index >= 15 is 0 Å². The fourth-order valence-corrected chi connectivity index (χ4v) is 7.10. The van der Waals surface area contributed by atoms with E-state index in [1.165, 1.54) is 27.8 Å². The largest absolute Gasteiger partial charge is 0.317 e. The first-order valence-corrected chi connectivity index (χ1v) is 13.5. The topological polar surface area (TPSA) is 71.7 Å². The van der Waals surface area contributed by atoms with E-state index in [4.69, 9.17) is 0 Å². The molecule has 2 heterocycles. The molecule has 0 fully saturated rings. The van der Waals surface area contributed by atoms with Gasteiger partial charge in [-0.15, -0.1) is 0 Å². The van der Waals surface area contributed by atoms with Gasteiger partial charge in [-0.05, 0) is 80.3 Å². The summed E-state index contributed by atoms with van der Waals surface area (Å²) in [6.07, 6.45) is 1.64. The molecule has 5 rings (SSSR count). The fourth-order valence-electron chi connectivity index (χ4n) is 4.37. The molecule has 0 aliphatic carbocycles. The summed E-state index contributed by atoms with van der Waals surface area (Å²) in [6.45, 7) is 5.20. The molecule has 3 aromatic carbocycles. The number of amides is 1. The zero-order valence-electron chi connectivity index (χ0n) is 19.1. The summed E-state index contributed by atoms with van der Waals surface area (Å²) in [5.74, 6) is -0.391. The second-order valence-corrected chi connectivity index (χ2v) is 11.2. The number of hydrogen-bond donors (Lipinski definition) is 0. The quantitative estimate of drug-likeness (QED) is 0.407. The summed E-state index contributed by atoms with van der Waals surface area (Å²) >= 11 is 1.48. The van der Waals surface area contributed by atoms with Crippen LogP contribution in [-0.4, -0.2) is 25.4 Å². The van der Waals surface area contributed by atoms with Crippen LogP contribution in [0.2, 0.25) is 0 Å². The van der Waals surface area contributed by atoms with Crippen LogP contribution < -0.4 is 9.11 Å². The van der Waals surface area contributed by atoms with Crippen molar-refractivity contribution in [3.63, 3.8) is 0 Å². The Bertz CT molecular complexity index is 1570. The molecule has 0 unspecified atom stereocenters. The number of fused-ring (bicyclic) bond motifs is 2. The summed E-state index contributed by atoms with van der Waals surface area (Å²) in [5.41, 5.74) is 4.32. The van der Waals surface area contributed by atoms with Gasteiger partial charge in [0.05, 0.1) is 20.8 Å². The molecule has 0 radical (unpaired) electrons. The van der Waals surface area contributed by atoms with E-state index < -0.39 is 15.9 Å². The smallest absolute Gasteiger partial charge is 0.279 e. The van der Waals surface area contributed by atoms with Gasteiger partial charge in [-0.3, -0.25) is 9.10 Å². The predicted octanol–water partition coefficient (Wildman–Crippen LogP) is 4.91. The van der Waals surface area contributed by atoms with E-state index in [1.807, 2.05) is 54.8 Å². The highest BCUT2D eigenvalue weighted by atomic mass is 32.2. The summed E-state index contributed by atoms with van der Waals surface area (Å²) in [6, 6.07) is 19.9. The van der Waals surface area contributed by atoms with Gasteiger partial charge < -0.3 is 4.57 Å². The third-order valence-electron chi connectivity index (χ3n) is 6.11. The van der Waals surface area contributed by atoms with Crippen molar-refractivity contribution in [2.75, 3.05) is 10.8 Å². The van der Waals surface area contributed by atoms with Crippen molar-refractivity contribution >= 4 is 43.2 Å². The Balaban J connectivity index is 1.46. The van der Waals surface area contributed by atoms with Crippen LogP contribution in [-0.2, 0) is 23.0 Å².